The van der Waals surface area contributed by atoms with Gasteiger partial charge in [-0.2, -0.15) is 4.31 Å². The Hall–Kier alpha value is -0.410. The molecule has 19 heavy (non-hydrogen) atoms. The summed E-state index contributed by atoms with van der Waals surface area (Å²) >= 11 is 3.08. The fraction of sp³-hybridized carbons (Fsp3) is 0.636. The van der Waals surface area contributed by atoms with Crippen molar-refractivity contribution in [2.75, 3.05) is 19.7 Å². The Morgan fingerprint density at radius 1 is 1.58 bits per heavy atom. The number of sulfonamides is 1. The van der Waals surface area contributed by atoms with Crippen molar-refractivity contribution < 1.29 is 22.7 Å². The van der Waals surface area contributed by atoms with E-state index in [-0.39, 0.29) is 28.0 Å². The summed E-state index contributed by atoms with van der Waals surface area (Å²) in [7, 11) is -3.64. The molecule has 1 N–H and O–H groups in total. The number of aliphatic hydroxyl groups excluding tert-OH is 1. The maximum absolute atomic E-state index is 12.5. The maximum atomic E-state index is 12.5. The van der Waals surface area contributed by atoms with Gasteiger partial charge in [0.2, 0.25) is 10.0 Å². The van der Waals surface area contributed by atoms with Gasteiger partial charge < -0.3 is 14.3 Å². The van der Waals surface area contributed by atoms with E-state index in [0.717, 1.165) is 0 Å². The Kier molecular flexibility index (Phi) is 4.67. The van der Waals surface area contributed by atoms with Crippen LogP contribution in [0.15, 0.2) is 20.0 Å². The van der Waals surface area contributed by atoms with Gasteiger partial charge >= 0.3 is 0 Å². The van der Waals surface area contributed by atoms with E-state index in [2.05, 4.69) is 15.9 Å². The first-order valence-electron chi connectivity index (χ1n) is 5.96. The predicted molar refractivity (Wildman–Crippen MR) is 71.1 cm³/mol. The summed E-state index contributed by atoms with van der Waals surface area (Å²) in [5.41, 5.74) is 0. The summed E-state index contributed by atoms with van der Waals surface area (Å²) in [5.74, 6) is 0.213. The van der Waals surface area contributed by atoms with Gasteiger partial charge in [-0.25, -0.2) is 8.42 Å². The summed E-state index contributed by atoms with van der Waals surface area (Å²) in [6.07, 6.45) is 0.520. The van der Waals surface area contributed by atoms with Gasteiger partial charge in [-0.3, -0.25) is 0 Å². The number of ether oxygens (including phenoxy) is 1. The van der Waals surface area contributed by atoms with Crippen molar-refractivity contribution >= 4 is 26.0 Å². The van der Waals surface area contributed by atoms with E-state index in [1.54, 1.807) is 0 Å². The first-order valence-corrected chi connectivity index (χ1v) is 8.19. The number of nitrogens with zero attached hydrogens (tertiary/aromatic N) is 1. The summed E-state index contributed by atoms with van der Waals surface area (Å²) in [5, 5.41) is 9.00. The van der Waals surface area contributed by atoms with Gasteiger partial charge in [0, 0.05) is 25.8 Å². The van der Waals surface area contributed by atoms with Crippen LogP contribution in [-0.4, -0.2) is 43.6 Å². The summed E-state index contributed by atoms with van der Waals surface area (Å²) in [6, 6.07) is 1.34. The number of hydrogen-bond donors (Lipinski definition) is 1. The second kappa shape index (κ2) is 5.92. The molecule has 108 valence electrons. The molecule has 2 rings (SSSR count). The minimum atomic E-state index is -3.64. The van der Waals surface area contributed by atoms with Crippen LogP contribution in [-0.2, 0) is 21.4 Å². The highest BCUT2D eigenvalue weighted by molar-refractivity contribution is 9.10. The zero-order valence-corrected chi connectivity index (χ0v) is 12.9. The van der Waals surface area contributed by atoms with E-state index in [9.17, 15) is 8.42 Å². The smallest absolute Gasteiger partial charge is 0.247 e. The standard InChI is InChI=1S/C11H16BrNO5S/c1-8-6-13(3-2-4-17-8)19(15,16)10-5-9(7-14)18-11(10)12/h5,8,14H,2-4,6-7H2,1H3. The predicted octanol–water partition coefficient (Wildman–Crippen LogP) is 1.33. The van der Waals surface area contributed by atoms with Crippen molar-refractivity contribution in [3.63, 3.8) is 0 Å². The average molecular weight is 354 g/mol. The second-order valence-corrected chi connectivity index (χ2v) is 7.03. The molecule has 0 aliphatic carbocycles. The molecule has 1 aliphatic rings. The summed E-state index contributed by atoms with van der Waals surface area (Å²) in [4.78, 5) is 0.0469. The van der Waals surface area contributed by atoms with E-state index >= 15 is 0 Å². The Labute approximate surface area is 120 Å². The highest BCUT2D eigenvalue weighted by Gasteiger charge is 2.31. The normalized spacial score (nSPS) is 22.4. The SMILES string of the molecule is CC1CN(S(=O)(=O)c2cc(CO)oc2Br)CCCO1. The monoisotopic (exact) mass is 353 g/mol. The third kappa shape index (κ3) is 3.19. The number of hydrogen-bond acceptors (Lipinski definition) is 5. The largest absolute Gasteiger partial charge is 0.450 e. The molecule has 0 radical (unpaired) electrons. The highest BCUT2D eigenvalue weighted by Crippen LogP contribution is 2.29. The van der Waals surface area contributed by atoms with Crippen molar-refractivity contribution in [1.82, 2.24) is 4.31 Å². The molecule has 1 atom stereocenters. The van der Waals surface area contributed by atoms with Gasteiger partial charge in [0.05, 0.1) is 6.10 Å². The number of furan rings is 1. The highest BCUT2D eigenvalue weighted by atomic mass is 79.9. The Balaban J connectivity index is 2.32. The first-order chi connectivity index (χ1) is 8.95. The topological polar surface area (TPSA) is 80.0 Å². The molecule has 0 amide bonds. The van der Waals surface area contributed by atoms with E-state index in [0.29, 0.717) is 26.1 Å². The lowest BCUT2D eigenvalue weighted by molar-refractivity contribution is 0.0752. The van der Waals surface area contributed by atoms with Crippen LogP contribution in [0.5, 0.6) is 0 Å². The van der Waals surface area contributed by atoms with E-state index in [4.69, 9.17) is 14.3 Å². The van der Waals surface area contributed by atoms with Gasteiger partial charge in [-0.05, 0) is 29.3 Å². The van der Waals surface area contributed by atoms with Crippen LogP contribution in [0.1, 0.15) is 19.1 Å². The number of aliphatic hydroxyl groups is 1. The molecule has 1 saturated heterocycles. The van der Waals surface area contributed by atoms with Gasteiger partial charge in [-0.15, -0.1) is 0 Å². The van der Waals surface area contributed by atoms with Gasteiger partial charge in [0.15, 0.2) is 4.67 Å². The number of rotatable bonds is 3. The van der Waals surface area contributed by atoms with Crippen LogP contribution >= 0.6 is 15.9 Å². The van der Waals surface area contributed by atoms with Crippen LogP contribution < -0.4 is 0 Å². The van der Waals surface area contributed by atoms with E-state index in [1.807, 2.05) is 6.92 Å². The lowest BCUT2D eigenvalue weighted by atomic mass is 10.4. The quantitative estimate of drug-likeness (QED) is 0.886. The third-order valence-corrected chi connectivity index (χ3v) is 5.62. The molecule has 1 aliphatic heterocycles. The Morgan fingerprint density at radius 2 is 2.32 bits per heavy atom. The molecule has 1 fully saturated rings. The van der Waals surface area contributed by atoms with Crippen molar-refractivity contribution in [2.24, 2.45) is 0 Å². The minimum absolute atomic E-state index is 0.0469. The van der Waals surface area contributed by atoms with Crippen LogP contribution in [0.4, 0.5) is 0 Å². The van der Waals surface area contributed by atoms with E-state index in [1.165, 1.54) is 10.4 Å². The van der Waals surface area contributed by atoms with Crippen LogP contribution in [0.2, 0.25) is 0 Å². The Morgan fingerprint density at radius 3 is 2.95 bits per heavy atom. The average Bonchev–Trinajstić information content (AvgIpc) is 2.60. The van der Waals surface area contributed by atoms with Crippen molar-refractivity contribution in [2.45, 2.75) is 31.0 Å². The molecule has 2 heterocycles. The molecule has 6 nitrogen and oxygen atoms in total. The molecule has 0 bridgehead atoms. The van der Waals surface area contributed by atoms with Gasteiger partial charge in [0.1, 0.15) is 17.3 Å². The molecule has 0 spiro atoms. The fourth-order valence-corrected chi connectivity index (χ4v) is 4.48. The molecule has 0 saturated carbocycles. The summed E-state index contributed by atoms with van der Waals surface area (Å²) in [6.45, 7) is 2.79. The third-order valence-electron chi connectivity index (χ3n) is 2.90. The molecule has 1 aromatic rings. The molecule has 1 aromatic heterocycles. The molecule has 0 aromatic carbocycles. The minimum Gasteiger partial charge on any atom is -0.450 e. The Bertz CT molecular complexity index is 541. The van der Waals surface area contributed by atoms with Crippen LogP contribution in [0.25, 0.3) is 0 Å². The van der Waals surface area contributed by atoms with Crippen molar-refractivity contribution in [3.8, 4) is 0 Å². The zero-order chi connectivity index (χ0) is 14.0. The zero-order valence-electron chi connectivity index (χ0n) is 10.5. The van der Waals surface area contributed by atoms with Crippen LogP contribution in [0.3, 0.4) is 0 Å². The molecular weight excluding hydrogens is 338 g/mol. The molecule has 1 unspecified atom stereocenters. The molecule has 8 heteroatoms. The summed E-state index contributed by atoms with van der Waals surface area (Å²) < 4.78 is 37.1. The first kappa shape index (κ1) is 15.0. The van der Waals surface area contributed by atoms with Crippen molar-refractivity contribution in [3.05, 3.63) is 16.5 Å². The lowest BCUT2D eigenvalue weighted by Gasteiger charge is -2.20. The van der Waals surface area contributed by atoms with Gasteiger partial charge in [0.25, 0.3) is 0 Å². The van der Waals surface area contributed by atoms with Crippen molar-refractivity contribution in [1.29, 1.82) is 0 Å². The lowest BCUT2D eigenvalue weighted by Crippen LogP contribution is -2.35. The second-order valence-electron chi connectivity index (χ2n) is 4.41. The number of halogens is 1. The maximum Gasteiger partial charge on any atom is 0.247 e. The molecular formula is C11H16BrNO5S. The van der Waals surface area contributed by atoms with Gasteiger partial charge in [-0.1, -0.05) is 0 Å². The van der Waals surface area contributed by atoms with Crippen LogP contribution in [0, 0.1) is 0 Å². The fourth-order valence-electron chi connectivity index (χ4n) is 1.97. The van der Waals surface area contributed by atoms with E-state index < -0.39 is 10.0 Å².